The van der Waals surface area contributed by atoms with Crippen molar-refractivity contribution in [2.75, 3.05) is 5.32 Å². The van der Waals surface area contributed by atoms with Gasteiger partial charge in [-0.25, -0.2) is 0 Å². The largest absolute Gasteiger partial charge is 0.366 e. The highest BCUT2D eigenvalue weighted by Gasteiger charge is 2.08. The van der Waals surface area contributed by atoms with Gasteiger partial charge in [0.1, 0.15) is 6.04 Å². The first-order chi connectivity index (χ1) is 8.29. The number of nitrogens with one attached hydrogen (secondary N) is 1. The summed E-state index contributed by atoms with van der Waals surface area (Å²) in [5.41, 5.74) is 3.16. The number of anilines is 1. The van der Waals surface area contributed by atoms with Gasteiger partial charge in [-0.2, -0.15) is 5.26 Å². The smallest absolute Gasteiger partial charge is 0.140 e. The van der Waals surface area contributed by atoms with Crippen LogP contribution >= 0.6 is 0 Å². The molecular formula is C15H14N2. The van der Waals surface area contributed by atoms with Crippen LogP contribution in [0.15, 0.2) is 54.6 Å². The highest BCUT2D eigenvalue weighted by Crippen LogP contribution is 2.18. The van der Waals surface area contributed by atoms with Gasteiger partial charge in [0.05, 0.1) is 6.07 Å². The van der Waals surface area contributed by atoms with E-state index in [-0.39, 0.29) is 6.04 Å². The van der Waals surface area contributed by atoms with E-state index in [1.807, 2.05) is 61.5 Å². The molecule has 2 rings (SSSR count). The van der Waals surface area contributed by atoms with Gasteiger partial charge >= 0.3 is 0 Å². The molecule has 0 spiro atoms. The molecule has 0 saturated carbocycles. The first kappa shape index (κ1) is 11.2. The third-order valence-electron chi connectivity index (χ3n) is 2.62. The van der Waals surface area contributed by atoms with Crippen molar-refractivity contribution in [1.82, 2.24) is 0 Å². The first-order valence-electron chi connectivity index (χ1n) is 5.57. The van der Waals surface area contributed by atoms with Crippen LogP contribution in [0.3, 0.4) is 0 Å². The van der Waals surface area contributed by atoms with Gasteiger partial charge in [-0.3, -0.25) is 0 Å². The zero-order valence-corrected chi connectivity index (χ0v) is 9.72. The van der Waals surface area contributed by atoms with Crippen molar-refractivity contribution in [3.63, 3.8) is 0 Å². The molecule has 2 aromatic carbocycles. The molecule has 0 unspecified atom stereocenters. The van der Waals surface area contributed by atoms with Gasteiger partial charge in [-0.15, -0.1) is 0 Å². The molecule has 17 heavy (non-hydrogen) atoms. The molecular weight excluding hydrogens is 208 g/mol. The second-order valence-corrected chi connectivity index (χ2v) is 3.98. The summed E-state index contributed by atoms with van der Waals surface area (Å²) in [6.07, 6.45) is 0. The number of rotatable bonds is 3. The predicted octanol–water partition coefficient (Wildman–Crippen LogP) is 3.67. The minimum atomic E-state index is -0.307. The Hall–Kier alpha value is -2.27. The van der Waals surface area contributed by atoms with Gasteiger partial charge in [0.15, 0.2) is 0 Å². The van der Waals surface area contributed by atoms with Crippen LogP contribution in [0.25, 0.3) is 0 Å². The van der Waals surface area contributed by atoms with E-state index in [1.54, 1.807) is 0 Å². The highest BCUT2D eigenvalue weighted by molar-refractivity contribution is 5.48. The topological polar surface area (TPSA) is 35.8 Å². The molecule has 0 radical (unpaired) electrons. The Bertz CT molecular complexity index is 509. The van der Waals surface area contributed by atoms with E-state index in [9.17, 15) is 5.26 Å². The SMILES string of the molecule is Cc1ccc(N[C@H](C#N)c2ccccc2)cc1. The fourth-order valence-electron chi connectivity index (χ4n) is 1.65. The third-order valence-corrected chi connectivity index (χ3v) is 2.62. The monoisotopic (exact) mass is 222 g/mol. The summed E-state index contributed by atoms with van der Waals surface area (Å²) >= 11 is 0. The second-order valence-electron chi connectivity index (χ2n) is 3.98. The zero-order valence-electron chi connectivity index (χ0n) is 9.72. The number of benzene rings is 2. The van der Waals surface area contributed by atoms with Crippen LogP contribution in [0.4, 0.5) is 5.69 Å². The molecule has 0 aromatic heterocycles. The lowest BCUT2D eigenvalue weighted by atomic mass is 10.1. The number of nitrogens with zero attached hydrogens (tertiary/aromatic N) is 1. The Balaban J connectivity index is 2.17. The molecule has 0 aliphatic rings. The van der Waals surface area contributed by atoms with Gasteiger partial charge in [0, 0.05) is 5.69 Å². The van der Waals surface area contributed by atoms with Crippen molar-refractivity contribution in [2.24, 2.45) is 0 Å². The summed E-state index contributed by atoms with van der Waals surface area (Å²) < 4.78 is 0. The summed E-state index contributed by atoms with van der Waals surface area (Å²) in [7, 11) is 0. The first-order valence-corrected chi connectivity index (χ1v) is 5.57. The van der Waals surface area contributed by atoms with Crippen LogP contribution in [-0.4, -0.2) is 0 Å². The van der Waals surface area contributed by atoms with E-state index in [4.69, 9.17) is 0 Å². The minimum Gasteiger partial charge on any atom is -0.366 e. The van der Waals surface area contributed by atoms with Crippen molar-refractivity contribution in [2.45, 2.75) is 13.0 Å². The Labute approximate surface area is 102 Å². The Kier molecular flexibility index (Phi) is 3.42. The molecule has 0 heterocycles. The van der Waals surface area contributed by atoms with Crippen molar-refractivity contribution in [3.8, 4) is 6.07 Å². The van der Waals surface area contributed by atoms with Gasteiger partial charge in [0.25, 0.3) is 0 Å². The number of hydrogen-bond donors (Lipinski definition) is 1. The van der Waals surface area contributed by atoms with Crippen LogP contribution in [0.5, 0.6) is 0 Å². The highest BCUT2D eigenvalue weighted by atomic mass is 14.9. The fourth-order valence-corrected chi connectivity index (χ4v) is 1.65. The van der Waals surface area contributed by atoms with Crippen molar-refractivity contribution in [3.05, 3.63) is 65.7 Å². The Morgan fingerprint density at radius 3 is 2.24 bits per heavy atom. The van der Waals surface area contributed by atoms with Crippen LogP contribution in [0.1, 0.15) is 17.2 Å². The molecule has 0 aliphatic heterocycles. The maximum absolute atomic E-state index is 9.18. The van der Waals surface area contributed by atoms with E-state index in [0.717, 1.165) is 11.3 Å². The molecule has 0 fully saturated rings. The van der Waals surface area contributed by atoms with Gasteiger partial charge < -0.3 is 5.32 Å². The molecule has 0 aliphatic carbocycles. The van der Waals surface area contributed by atoms with Crippen molar-refractivity contribution < 1.29 is 0 Å². The summed E-state index contributed by atoms with van der Waals surface area (Å²) in [4.78, 5) is 0. The molecule has 0 bridgehead atoms. The Morgan fingerprint density at radius 2 is 1.65 bits per heavy atom. The van der Waals surface area contributed by atoms with Gasteiger partial charge in [0.2, 0.25) is 0 Å². The third kappa shape index (κ3) is 2.85. The molecule has 84 valence electrons. The maximum Gasteiger partial charge on any atom is 0.140 e. The minimum absolute atomic E-state index is 0.307. The number of hydrogen-bond acceptors (Lipinski definition) is 2. The molecule has 2 heteroatoms. The zero-order chi connectivity index (χ0) is 12.1. The van der Waals surface area contributed by atoms with Crippen LogP contribution in [0.2, 0.25) is 0 Å². The lowest BCUT2D eigenvalue weighted by Crippen LogP contribution is -2.08. The average Bonchev–Trinajstić information content (AvgIpc) is 2.39. The number of nitriles is 1. The average molecular weight is 222 g/mol. The molecule has 1 N–H and O–H groups in total. The van der Waals surface area contributed by atoms with E-state index in [1.165, 1.54) is 5.56 Å². The predicted molar refractivity (Wildman–Crippen MR) is 69.6 cm³/mol. The fraction of sp³-hybridized carbons (Fsp3) is 0.133. The lowest BCUT2D eigenvalue weighted by molar-refractivity contribution is 0.997. The quantitative estimate of drug-likeness (QED) is 0.860. The van der Waals surface area contributed by atoms with E-state index in [0.29, 0.717) is 0 Å². The van der Waals surface area contributed by atoms with Gasteiger partial charge in [-0.05, 0) is 24.6 Å². The number of aryl methyl sites for hydroxylation is 1. The van der Waals surface area contributed by atoms with Crippen LogP contribution < -0.4 is 5.32 Å². The van der Waals surface area contributed by atoms with Crippen LogP contribution in [-0.2, 0) is 0 Å². The van der Waals surface area contributed by atoms with E-state index < -0.39 is 0 Å². The normalized spacial score (nSPS) is 11.5. The summed E-state index contributed by atoms with van der Waals surface area (Å²) in [6, 6.07) is 19.7. The standard InChI is InChI=1S/C15H14N2/c1-12-7-9-14(10-8-12)17-15(11-16)13-5-3-2-4-6-13/h2-10,15,17H,1H3/t15-/m1/s1. The van der Waals surface area contributed by atoms with Crippen molar-refractivity contribution >= 4 is 5.69 Å². The van der Waals surface area contributed by atoms with Crippen molar-refractivity contribution in [1.29, 1.82) is 5.26 Å². The lowest BCUT2D eigenvalue weighted by Gasteiger charge is -2.13. The Morgan fingerprint density at radius 1 is 1.00 bits per heavy atom. The van der Waals surface area contributed by atoms with Crippen LogP contribution in [0, 0.1) is 18.3 Å². The molecule has 2 nitrogen and oxygen atoms in total. The summed E-state index contributed by atoms with van der Waals surface area (Å²) in [5.74, 6) is 0. The molecule has 1 atom stereocenters. The van der Waals surface area contributed by atoms with Gasteiger partial charge in [-0.1, -0.05) is 48.0 Å². The molecule has 2 aromatic rings. The second kappa shape index (κ2) is 5.18. The summed E-state index contributed by atoms with van der Waals surface area (Å²) in [5, 5.41) is 12.4. The maximum atomic E-state index is 9.18. The summed E-state index contributed by atoms with van der Waals surface area (Å²) in [6.45, 7) is 2.04. The molecule has 0 amide bonds. The van der Waals surface area contributed by atoms with E-state index in [2.05, 4.69) is 11.4 Å². The van der Waals surface area contributed by atoms with E-state index >= 15 is 0 Å². The molecule has 0 saturated heterocycles.